The van der Waals surface area contributed by atoms with E-state index < -0.39 is 4.92 Å². The number of nitro benzene ring substituents is 1. The van der Waals surface area contributed by atoms with Crippen LogP contribution in [0.2, 0.25) is 0 Å². The van der Waals surface area contributed by atoms with Crippen molar-refractivity contribution in [2.45, 2.75) is 32.6 Å². The van der Waals surface area contributed by atoms with E-state index in [4.69, 9.17) is 0 Å². The zero-order chi connectivity index (χ0) is 30.6. The zero-order valence-corrected chi connectivity index (χ0v) is 24.4. The summed E-state index contributed by atoms with van der Waals surface area (Å²) in [7, 11) is 0. The van der Waals surface area contributed by atoms with Crippen molar-refractivity contribution in [3.05, 3.63) is 99.7 Å². The summed E-state index contributed by atoms with van der Waals surface area (Å²) in [6.45, 7) is 4.72. The molecule has 0 aliphatic carbocycles. The van der Waals surface area contributed by atoms with Gasteiger partial charge in [-0.3, -0.25) is 25.0 Å². The molecule has 3 aromatic carbocycles. The summed E-state index contributed by atoms with van der Waals surface area (Å²) in [5.74, 6) is -0.194. The third-order valence-electron chi connectivity index (χ3n) is 7.94. The molecule has 3 heterocycles. The van der Waals surface area contributed by atoms with Gasteiger partial charge in [0.05, 0.1) is 21.9 Å². The SMILES string of the molecule is CC(=O)Nc1nc(-c2ccc(N/C(=C3\C(=O)Nc4ccc([N+](=O)[O-])cc43)c3ccc(CCN4CCCCC4)cc3)cc2)c[nH]1. The van der Waals surface area contributed by atoms with Crippen molar-refractivity contribution in [1.29, 1.82) is 0 Å². The lowest BCUT2D eigenvalue weighted by molar-refractivity contribution is -0.384. The molecule has 0 atom stereocenters. The van der Waals surface area contributed by atoms with E-state index in [1.165, 1.54) is 43.9 Å². The number of amides is 2. The fraction of sp³-hybridized carbons (Fsp3) is 0.242. The smallest absolute Gasteiger partial charge is 0.270 e. The third-order valence-corrected chi connectivity index (χ3v) is 7.94. The molecule has 4 N–H and O–H groups in total. The average molecular weight is 592 g/mol. The lowest BCUT2D eigenvalue weighted by Crippen LogP contribution is -2.31. The number of nitrogens with one attached hydrogen (secondary N) is 4. The normalized spacial score (nSPS) is 15.8. The highest BCUT2D eigenvalue weighted by Crippen LogP contribution is 2.39. The number of aromatic amines is 1. The van der Waals surface area contributed by atoms with Crippen molar-refractivity contribution in [3.8, 4) is 11.3 Å². The number of nitro groups is 1. The number of imidazole rings is 1. The van der Waals surface area contributed by atoms with Gasteiger partial charge in [-0.25, -0.2) is 4.98 Å². The van der Waals surface area contributed by atoms with Crippen LogP contribution in [0.4, 0.5) is 23.0 Å². The number of H-pyrrole nitrogens is 1. The van der Waals surface area contributed by atoms with Crippen molar-refractivity contribution >= 4 is 46.1 Å². The minimum absolute atomic E-state index is 0.0906. The molecule has 0 spiro atoms. The topological polar surface area (TPSA) is 145 Å². The van der Waals surface area contributed by atoms with Crippen LogP contribution in [-0.4, -0.2) is 51.2 Å². The molecular weight excluding hydrogens is 558 g/mol. The Morgan fingerprint density at radius 3 is 2.45 bits per heavy atom. The molecule has 2 aliphatic heterocycles. The molecule has 0 bridgehead atoms. The van der Waals surface area contributed by atoms with Gasteiger partial charge >= 0.3 is 0 Å². The van der Waals surface area contributed by atoms with Gasteiger partial charge in [0.1, 0.15) is 0 Å². The van der Waals surface area contributed by atoms with Crippen LogP contribution in [0.5, 0.6) is 0 Å². The van der Waals surface area contributed by atoms with E-state index in [1.54, 1.807) is 12.3 Å². The molecule has 11 heteroatoms. The van der Waals surface area contributed by atoms with Crippen molar-refractivity contribution in [1.82, 2.24) is 14.9 Å². The lowest BCUT2D eigenvalue weighted by atomic mass is 9.98. The van der Waals surface area contributed by atoms with Crippen LogP contribution in [0.25, 0.3) is 22.5 Å². The number of aromatic nitrogens is 2. The quantitative estimate of drug-likeness (QED) is 0.108. The number of hydrogen-bond acceptors (Lipinski definition) is 7. The Balaban J connectivity index is 1.32. The molecule has 1 fully saturated rings. The standard InChI is InChI=1S/C33H33N7O4/c1-21(41)35-33-34-20-29(38-33)23-9-11-25(12-10-23)36-31(30-27-19-26(40(43)44)13-14-28(27)37-32(30)42)24-7-5-22(6-8-24)15-18-39-16-3-2-4-17-39/h5-14,19-20,36H,2-4,15-18H2,1H3,(H,37,42)(H2,34,35,38,41)/b31-30-. The molecule has 0 radical (unpaired) electrons. The van der Waals surface area contributed by atoms with Gasteiger partial charge in [-0.05, 0) is 61.7 Å². The number of carbonyl (C=O) groups excluding carboxylic acids is 2. The maximum atomic E-state index is 13.4. The summed E-state index contributed by atoms with van der Waals surface area (Å²) in [6.07, 6.45) is 6.46. The second kappa shape index (κ2) is 12.5. The van der Waals surface area contributed by atoms with E-state index in [2.05, 4.69) is 43.0 Å². The van der Waals surface area contributed by atoms with E-state index in [0.717, 1.165) is 42.9 Å². The number of hydrogen-bond donors (Lipinski definition) is 4. The van der Waals surface area contributed by atoms with Gasteiger partial charge in [-0.15, -0.1) is 0 Å². The molecular formula is C33H33N7O4. The number of non-ortho nitro benzene ring substituents is 1. The molecule has 11 nitrogen and oxygen atoms in total. The Labute approximate surface area is 254 Å². The maximum Gasteiger partial charge on any atom is 0.270 e. The number of fused-ring (bicyclic) bond motifs is 1. The molecule has 0 saturated carbocycles. The van der Waals surface area contributed by atoms with E-state index in [9.17, 15) is 19.7 Å². The molecule has 2 amide bonds. The number of likely N-dealkylation sites (tertiary alicyclic amines) is 1. The number of nitrogens with zero attached hydrogens (tertiary/aromatic N) is 3. The van der Waals surface area contributed by atoms with Crippen molar-refractivity contribution in [2.24, 2.45) is 0 Å². The van der Waals surface area contributed by atoms with Gasteiger partial charge in [0.2, 0.25) is 11.9 Å². The Morgan fingerprint density at radius 2 is 1.75 bits per heavy atom. The molecule has 224 valence electrons. The highest BCUT2D eigenvalue weighted by Gasteiger charge is 2.30. The van der Waals surface area contributed by atoms with Crippen molar-refractivity contribution < 1.29 is 14.5 Å². The first-order valence-electron chi connectivity index (χ1n) is 14.7. The second-order valence-corrected chi connectivity index (χ2v) is 11.1. The molecule has 6 rings (SSSR count). The van der Waals surface area contributed by atoms with Crippen LogP contribution >= 0.6 is 0 Å². The number of anilines is 3. The summed E-state index contributed by atoms with van der Waals surface area (Å²) < 4.78 is 0. The van der Waals surface area contributed by atoms with Crippen LogP contribution in [0.3, 0.4) is 0 Å². The fourth-order valence-electron chi connectivity index (χ4n) is 5.67. The second-order valence-electron chi connectivity index (χ2n) is 11.1. The van der Waals surface area contributed by atoms with Crippen LogP contribution < -0.4 is 16.0 Å². The number of carbonyl (C=O) groups is 2. The van der Waals surface area contributed by atoms with Crippen LogP contribution in [0.15, 0.2) is 72.9 Å². The minimum Gasteiger partial charge on any atom is -0.354 e. The Hall–Kier alpha value is -5.29. The minimum atomic E-state index is -0.462. The van der Waals surface area contributed by atoms with E-state index in [-0.39, 0.29) is 17.5 Å². The predicted octanol–water partition coefficient (Wildman–Crippen LogP) is 5.90. The van der Waals surface area contributed by atoms with Crippen LogP contribution in [-0.2, 0) is 16.0 Å². The van der Waals surface area contributed by atoms with E-state index in [1.807, 2.05) is 36.4 Å². The summed E-state index contributed by atoms with van der Waals surface area (Å²) in [6, 6.07) is 20.0. The largest absolute Gasteiger partial charge is 0.354 e. The first-order valence-corrected chi connectivity index (χ1v) is 14.7. The van der Waals surface area contributed by atoms with Gasteiger partial charge < -0.3 is 20.5 Å². The number of benzene rings is 3. The summed E-state index contributed by atoms with van der Waals surface area (Å²) >= 11 is 0. The van der Waals surface area contributed by atoms with Crippen LogP contribution in [0, 0.1) is 10.1 Å². The monoisotopic (exact) mass is 591 g/mol. The third kappa shape index (κ3) is 6.37. The Morgan fingerprint density at radius 1 is 1.00 bits per heavy atom. The summed E-state index contributed by atoms with van der Waals surface area (Å²) in [4.78, 5) is 45.7. The highest BCUT2D eigenvalue weighted by molar-refractivity contribution is 6.37. The van der Waals surface area contributed by atoms with Crippen molar-refractivity contribution in [2.75, 3.05) is 35.6 Å². The van der Waals surface area contributed by atoms with E-state index in [0.29, 0.717) is 34.2 Å². The predicted molar refractivity (Wildman–Crippen MR) is 171 cm³/mol. The zero-order valence-electron chi connectivity index (χ0n) is 24.4. The summed E-state index contributed by atoms with van der Waals surface area (Å²) in [5, 5.41) is 20.5. The van der Waals surface area contributed by atoms with Crippen LogP contribution in [0.1, 0.15) is 42.9 Å². The average Bonchev–Trinajstić information content (AvgIpc) is 3.62. The Kier molecular flexibility index (Phi) is 8.20. The van der Waals surface area contributed by atoms with E-state index >= 15 is 0 Å². The lowest BCUT2D eigenvalue weighted by Gasteiger charge is -2.26. The van der Waals surface area contributed by atoms with Gasteiger partial charge in [0, 0.05) is 54.3 Å². The van der Waals surface area contributed by atoms with Gasteiger partial charge in [0.25, 0.3) is 11.6 Å². The molecule has 1 aromatic heterocycles. The highest BCUT2D eigenvalue weighted by atomic mass is 16.6. The molecule has 44 heavy (non-hydrogen) atoms. The molecule has 1 saturated heterocycles. The number of piperidine rings is 1. The first-order chi connectivity index (χ1) is 21.3. The van der Waals surface area contributed by atoms with Gasteiger partial charge in [-0.2, -0.15) is 0 Å². The molecule has 2 aliphatic rings. The molecule has 0 unspecified atom stereocenters. The first kappa shape index (κ1) is 28.8. The maximum absolute atomic E-state index is 13.4. The van der Waals surface area contributed by atoms with Crippen molar-refractivity contribution in [3.63, 3.8) is 0 Å². The summed E-state index contributed by atoms with van der Waals surface area (Å²) in [5.41, 5.74) is 5.99. The van der Waals surface area contributed by atoms with Gasteiger partial charge in [-0.1, -0.05) is 42.8 Å². The fourth-order valence-corrected chi connectivity index (χ4v) is 5.67. The van der Waals surface area contributed by atoms with Gasteiger partial charge in [0.15, 0.2) is 0 Å². The molecule has 4 aromatic rings. The number of rotatable bonds is 9. The Bertz CT molecular complexity index is 1740.